The van der Waals surface area contributed by atoms with Gasteiger partial charge in [0.25, 0.3) is 0 Å². The molecule has 0 radical (unpaired) electrons. The minimum atomic E-state index is -0.541. The lowest BCUT2D eigenvalue weighted by Crippen LogP contribution is -2.34. The third kappa shape index (κ3) is 7.13. The van der Waals surface area contributed by atoms with Crippen molar-refractivity contribution in [3.05, 3.63) is 28.2 Å². The summed E-state index contributed by atoms with van der Waals surface area (Å²) in [5.74, 6) is -0.156. The van der Waals surface area contributed by atoms with Crippen LogP contribution in [0.3, 0.4) is 0 Å². The molecule has 0 spiro atoms. The van der Waals surface area contributed by atoms with E-state index in [2.05, 4.69) is 26.6 Å². The van der Waals surface area contributed by atoms with E-state index in [0.29, 0.717) is 0 Å². The molecule has 0 heterocycles. The lowest BCUT2D eigenvalue weighted by molar-refractivity contribution is -0.116. The summed E-state index contributed by atoms with van der Waals surface area (Å²) in [5.41, 5.74) is 1.19. The Morgan fingerprint density at radius 2 is 1.95 bits per heavy atom. The Bertz CT molecular complexity index is 524. The first-order valence-electron chi connectivity index (χ1n) is 6.70. The van der Waals surface area contributed by atoms with Gasteiger partial charge in [-0.1, -0.05) is 15.9 Å². The number of benzene rings is 1. The maximum atomic E-state index is 11.8. The molecule has 1 rings (SSSR count). The van der Waals surface area contributed by atoms with E-state index in [0.717, 1.165) is 15.7 Å². The molecule has 0 aliphatic heterocycles. The smallest absolute Gasteiger partial charge is 0.407 e. The summed E-state index contributed by atoms with van der Waals surface area (Å²) in [6.07, 6.45) is -0.329. The van der Waals surface area contributed by atoms with E-state index in [-0.39, 0.29) is 18.9 Å². The molecule has 0 saturated carbocycles. The predicted octanol–water partition coefficient (Wildman–Crippen LogP) is 3.61. The van der Waals surface area contributed by atoms with Crippen molar-refractivity contribution in [2.24, 2.45) is 0 Å². The molecule has 2 amide bonds. The van der Waals surface area contributed by atoms with Gasteiger partial charge in [-0.15, -0.1) is 0 Å². The van der Waals surface area contributed by atoms with Crippen LogP contribution in [0.1, 0.15) is 32.8 Å². The van der Waals surface area contributed by atoms with Gasteiger partial charge in [0.05, 0.1) is 0 Å². The van der Waals surface area contributed by atoms with Crippen LogP contribution >= 0.6 is 15.9 Å². The molecule has 1 aromatic carbocycles. The lowest BCUT2D eigenvalue weighted by atomic mass is 10.2. The van der Waals surface area contributed by atoms with E-state index in [1.165, 1.54) is 0 Å². The molecule has 116 valence electrons. The van der Waals surface area contributed by atoms with Crippen molar-refractivity contribution in [1.82, 2.24) is 5.32 Å². The van der Waals surface area contributed by atoms with E-state index in [1.807, 2.05) is 25.1 Å². The molecule has 5 nitrogen and oxygen atoms in total. The van der Waals surface area contributed by atoms with Crippen molar-refractivity contribution in [3.63, 3.8) is 0 Å². The molecule has 21 heavy (non-hydrogen) atoms. The van der Waals surface area contributed by atoms with Crippen molar-refractivity contribution >= 4 is 33.6 Å². The van der Waals surface area contributed by atoms with Gasteiger partial charge >= 0.3 is 6.09 Å². The lowest BCUT2D eigenvalue weighted by Gasteiger charge is -2.19. The van der Waals surface area contributed by atoms with Crippen LogP contribution in [0.2, 0.25) is 0 Å². The summed E-state index contributed by atoms with van der Waals surface area (Å²) in [6, 6.07) is 5.62. The summed E-state index contributed by atoms with van der Waals surface area (Å²) < 4.78 is 6.05. The highest BCUT2D eigenvalue weighted by atomic mass is 79.9. The summed E-state index contributed by atoms with van der Waals surface area (Å²) >= 11 is 3.37. The molecular formula is C15H21BrN2O3. The number of aryl methyl sites for hydroxylation is 1. The van der Waals surface area contributed by atoms with Crippen LogP contribution in [0, 0.1) is 6.92 Å². The largest absolute Gasteiger partial charge is 0.444 e. The van der Waals surface area contributed by atoms with Crippen LogP contribution in [0.4, 0.5) is 10.5 Å². The van der Waals surface area contributed by atoms with Crippen LogP contribution < -0.4 is 10.6 Å². The first kappa shape index (κ1) is 17.5. The Morgan fingerprint density at radius 3 is 2.52 bits per heavy atom. The number of rotatable bonds is 4. The normalized spacial score (nSPS) is 10.9. The number of alkyl carbamates (subject to hydrolysis) is 1. The zero-order valence-electron chi connectivity index (χ0n) is 12.7. The van der Waals surface area contributed by atoms with Gasteiger partial charge in [0.1, 0.15) is 5.60 Å². The molecule has 6 heteroatoms. The monoisotopic (exact) mass is 356 g/mol. The van der Waals surface area contributed by atoms with E-state index in [1.54, 1.807) is 20.8 Å². The Labute approximate surface area is 133 Å². The summed E-state index contributed by atoms with van der Waals surface area (Å²) in [4.78, 5) is 23.2. The van der Waals surface area contributed by atoms with Gasteiger partial charge in [-0.3, -0.25) is 4.79 Å². The fourth-order valence-electron chi connectivity index (χ4n) is 1.57. The van der Waals surface area contributed by atoms with Crippen LogP contribution in [-0.2, 0) is 9.53 Å². The Kier molecular flexibility index (Phi) is 6.20. The standard InChI is InChI=1S/C15H21BrN2O3/c1-10-9-11(16)5-6-12(10)18-13(19)7-8-17-14(20)21-15(2,3)4/h5-6,9H,7-8H2,1-4H3,(H,17,20)(H,18,19). The van der Waals surface area contributed by atoms with Gasteiger partial charge in [-0.05, 0) is 51.5 Å². The van der Waals surface area contributed by atoms with Crippen LogP contribution in [0.5, 0.6) is 0 Å². The molecule has 2 N–H and O–H groups in total. The van der Waals surface area contributed by atoms with Crippen LogP contribution in [0.25, 0.3) is 0 Å². The van der Waals surface area contributed by atoms with Crippen molar-refractivity contribution in [1.29, 1.82) is 0 Å². The zero-order chi connectivity index (χ0) is 16.0. The highest BCUT2D eigenvalue weighted by Crippen LogP contribution is 2.20. The van der Waals surface area contributed by atoms with E-state index >= 15 is 0 Å². The topological polar surface area (TPSA) is 67.4 Å². The summed E-state index contributed by atoms with van der Waals surface area (Å²) in [6.45, 7) is 7.51. The van der Waals surface area contributed by atoms with Crippen LogP contribution in [-0.4, -0.2) is 24.1 Å². The van der Waals surface area contributed by atoms with Gasteiger partial charge in [0.2, 0.25) is 5.91 Å². The van der Waals surface area contributed by atoms with Crippen LogP contribution in [0.15, 0.2) is 22.7 Å². The van der Waals surface area contributed by atoms with Crippen molar-refractivity contribution in [2.45, 2.75) is 39.7 Å². The predicted molar refractivity (Wildman–Crippen MR) is 86.4 cm³/mol. The number of halogens is 1. The van der Waals surface area contributed by atoms with E-state index in [9.17, 15) is 9.59 Å². The van der Waals surface area contributed by atoms with Crippen molar-refractivity contribution in [3.8, 4) is 0 Å². The van der Waals surface area contributed by atoms with Gasteiger partial charge in [0.15, 0.2) is 0 Å². The Balaban J connectivity index is 2.36. The average molecular weight is 357 g/mol. The SMILES string of the molecule is Cc1cc(Br)ccc1NC(=O)CCNC(=O)OC(C)(C)C. The second-order valence-electron chi connectivity index (χ2n) is 5.69. The first-order chi connectivity index (χ1) is 9.67. The number of hydrogen-bond acceptors (Lipinski definition) is 3. The molecule has 0 saturated heterocycles. The van der Waals surface area contributed by atoms with Crippen molar-refractivity contribution in [2.75, 3.05) is 11.9 Å². The molecule has 0 bridgehead atoms. The number of amides is 2. The zero-order valence-corrected chi connectivity index (χ0v) is 14.3. The summed E-state index contributed by atoms with van der Waals surface area (Å²) in [5, 5.41) is 5.36. The molecule has 0 fully saturated rings. The maximum absolute atomic E-state index is 11.8. The Hall–Kier alpha value is -1.56. The first-order valence-corrected chi connectivity index (χ1v) is 7.49. The van der Waals surface area contributed by atoms with Gasteiger partial charge in [-0.25, -0.2) is 4.79 Å². The second-order valence-corrected chi connectivity index (χ2v) is 6.60. The third-order valence-electron chi connectivity index (χ3n) is 2.48. The minimum absolute atomic E-state index is 0.156. The summed E-state index contributed by atoms with van der Waals surface area (Å²) in [7, 11) is 0. The molecule has 1 aromatic rings. The van der Waals surface area contributed by atoms with E-state index < -0.39 is 11.7 Å². The fourth-order valence-corrected chi connectivity index (χ4v) is 2.05. The second kappa shape index (κ2) is 7.45. The Morgan fingerprint density at radius 1 is 1.29 bits per heavy atom. The number of ether oxygens (including phenoxy) is 1. The molecule has 0 unspecified atom stereocenters. The highest BCUT2D eigenvalue weighted by Gasteiger charge is 2.15. The number of carbonyl (C=O) groups excluding carboxylic acids is 2. The number of hydrogen-bond donors (Lipinski definition) is 2. The van der Waals surface area contributed by atoms with Crippen molar-refractivity contribution < 1.29 is 14.3 Å². The molecule has 0 aliphatic rings. The number of anilines is 1. The highest BCUT2D eigenvalue weighted by molar-refractivity contribution is 9.10. The van der Waals surface area contributed by atoms with Gasteiger partial charge in [-0.2, -0.15) is 0 Å². The van der Waals surface area contributed by atoms with E-state index in [4.69, 9.17) is 4.74 Å². The number of carbonyl (C=O) groups is 2. The van der Waals surface area contributed by atoms with Gasteiger partial charge < -0.3 is 15.4 Å². The average Bonchev–Trinajstić information content (AvgIpc) is 2.30. The molecule has 0 aromatic heterocycles. The van der Waals surface area contributed by atoms with Gasteiger partial charge in [0, 0.05) is 23.1 Å². The quantitative estimate of drug-likeness (QED) is 0.865. The number of nitrogens with one attached hydrogen (secondary N) is 2. The molecule has 0 aliphatic carbocycles. The third-order valence-corrected chi connectivity index (χ3v) is 2.98. The maximum Gasteiger partial charge on any atom is 0.407 e. The molecule has 0 atom stereocenters. The minimum Gasteiger partial charge on any atom is -0.444 e. The molecular weight excluding hydrogens is 336 g/mol. The fraction of sp³-hybridized carbons (Fsp3) is 0.467.